The predicted molar refractivity (Wildman–Crippen MR) is 93.3 cm³/mol. The van der Waals surface area contributed by atoms with Gasteiger partial charge in [0.1, 0.15) is 0 Å². The number of pyridine rings is 1. The molecule has 3 aromatic carbocycles. The number of hydrogen-bond acceptors (Lipinski definition) is 2. The van der Waals surface area contributed by atoms with E-state index in [0.29, 0.717) is 5.56 Å². The van der Waals surface area contributed by atoms with Crippen molar-refractivity contribution in [2.24, 2.45) is 5.73 Å². The maximum absolute atomic E-state index is 11.5. The van der Waals surface area contributed by atoms with Crippen LogP contribution in [0, 0.1) is 0 Å². The molecule has 1 aromatic heterocycles. The van der Waals surface area contributed by atoms with Crippen LogP contribution in [0.1, 0.15) is 10.4 Å². The summed E-state index contributed by atoms with van der Waals surface area (Å²) >= 11 is 0. The molecule has 0 fully saturated rings. The van der Waals surface area contributed by atoms with Crippen LogP contribution in [0.25, 0.3) is 22.2 Å². The Balaban J connectivity index is 0.000000300. The Kier molecular flexibility index (Phi) is 6.07. The molecule has 1 amide bonds. The van der Waals surface area contributed by atoms with Gasteiger partial charge in [0.2, 0.25) is 5.91 Å². The fourth-order valence-electron chi connectivity index (χ4n) is 2.39. The predicted octanol–water partition coefficient (Wildman–Crippen LogP) is 4.12. The molecule has 0 unspecified atom stereocenters. The average molecular weight is 356 g/mol. The van der Waals surface area contributed by atoms with E-state index in [4.69, 9.17) is 5.73 Å². The van der Waals surface area contributed by atoms with Crippen molar-refractivity contribution in [1.82, 2.24) is 4.98 Å². The minimum Gasteiger partial charge on any atom is -0.366 e. The van der Waals surface area contributed by atoms with E-state index in [-0.39, 0.29) is 17.1 Å². The second-order valence-electron chi connectivity index (χ2n) is 5.07. The molecule has 4 rings (SSSR count). The third-order valence-electron chi connectivity index (χ3n) is 3.50. The van der Waals surface area contributed by atoms with E-state index < -0.39 is 5.91 Å². The molecule has 0 saturated carbocycles. The fraction of sp³-hybridized carbons (Fsp3) is 0. The SMILES string of the molecule is NC(=O)c1cc(-[c-]2cccc2)nc2ccccc12.[Fe+2].c1cc[cH-]c1. The molecule has 1 heterocycles. The molecule has 0 aliphatic rings. The topological polar surface area (TPSA) is 56.0 Å². The van der Waals surface area contributed by atoms with Crippen LogP contribution in [0.5, 0.6) is 0 Å². The van der Waals surface area contributed by atoms with Gasteiger partial charge in [-0.1, -0.05) is 29.8 Å². The molecule has 0 aliphatic heterocycles. The Morgan fingerprint density at radius 3 is 2.25 bits per heavy atom. The number of para-hydroxylation sites is 1. The Morgan fingerprint density at radius 1 is 1.00 bits per heavy atom. The quantitative estimate of drug-likeness (QED) is 0.434. The van der Waals surface area contributed by atoms with Gasteiger partial charge in [-0.2, -0.15) is 30.3 Å². The van der Waals surface area contributed by atoms with Gasteiger partial charge in [-0.3, -0.25) is 9.78 Å². The molecule has 4 heteroatoms. The first-order chi connectivity index (χ1) is 11.3. The van der Waals surface area contributed by atoms with Gasteiger partial charge < -0.3 is 5.73 Å². The first-order valence-corrected chi connectivity index (χ1v) is 7.34. The Hall–Kier alpha value is -2.68. The van der Waals surface area contributed by atoms with Crippen LogP contribution in [0.3, 0.4) is 0 Å². The molecule has 0 bridgehead atoms. The first kappa shape index (κ1) is 17.7. The zero-order valence-electron chi connectivity index (χ0n) is 12.9. The van der Waals surface area contributed by atoms with Gasteiger partial charge in [0.15, 0.2) is 0 Å². The number of hydrogen-bond donors (Lipinski definition) is 1. The van der Waals surface area contributed by atoms with Crippen LogP contribution in [0.2, 0.25) is 0 Å². The molecular formula is C20H16FeN2O. The molecular weight excluding hydrogens is 340 g/mol. The summed E-state index contributed by atoms with van der Waals surface area (Å²) in [4.78, 5) is 16.1. The normalized spacial score (nSPS) is 9.67. The molecule has 2 N–H and O–H groups in total. The Labute approximate surface area is 151 Å². The van der Waals surface area contributed by atoms with Crippen molar-refractivity contribution in [2.45, 2.75) is 0 Å². The van der Waals surface area contributed by atoms with Gasteiger partial charge in [-0.05, 0) is 11.8 Å². The maximum atomic E-state index is 11.5. The van der Waals surface area contributed by atoms with Crippen molar-refractivity contribution in [3.8, 4) is 11.3 Å². The summed E-state index contributed by atoms with van der Waals surface area (Å²) in [6, 6.07) is 27.1. The average Bonchev–Trinajstić information content (AvgIpc) is 3.29. The van der Waals surface area contributed by atoms with Crippen LogP contribution < -0.4 is 5.73 Å². The van der Waals surface area contributed by atoms with E-state index >= 15 is 0 Å². The monoisotopic (exact) mass is 356 g/mol. The van der Waals surface area contributed by atoms with Crippen molar-refractivity contribution in [1.29, 1.82) is 0 Å². The minimum atomic E-state index is -0.429. The van der Waals surface area contributed by atoms with Crippen molar-refractivity contribution in [3.63, 3.8) is 0 Å². The van der Waals surface area contributed by atoms with E-state index in [0.717, 1.165) is 22.2 Å². The zero-order valence-corrected chi connectivity index (χ0v) is 14.0. The molecule has 0 spiro atoms. The van der Waals surface area contributed by atoms with Crippen molar-refractivity contribution in [2.75, 3.05) is 0 Å². The number of carbonyl (C=O) groups excluding carboxylic acids is 1. The molecule has 3 nitrogen and oxygen atoms in total. The van der Waals surface area contributed by atoms with Crippen molar-refractivity contribution < 1.29 is 21.9 Å². The summed E-state index contributed by atoms with van der Waals surface area (Å²) in [6.07, 6.45) is 0. The molecule has 0 atom stereocenters. The molecule has 0 saturated heterocycles. The van der Waals surface area contributed by atoms with Gasteiger partial charge in [0, 0.05) is 10.9 Å². The zero-order chi connectivity index (χ0) is 16.1. The molecule has 0 radical (unpaired) electrons. The third-order valence-corrected chi connectivity index (χ3v) is 3.50. The molecule has 24 heavy (non-hydrogen) atoms. The van der Waals surface area contributed by atoms with E-state index in [1.54, 1.807) is 6.07 Å². The standard InChI is InChI=1S/C15H11N2O.C5H5.Fe/c16-15(18)12-9-14(10-5-1-2-6-10)17-13-8-4-3-7-11(12)13;1-2-4-5-3-1;/h1-9H,(H2,16,18);1-5H;/q2*-1;+2. The number of benzene rings is 1. The fourth-order valence-corrected chi connectivity index (χ4v) is 2.39. The minimum absolute atomic E-state index is 0. The maximum Gasteiger partial charge on any atom is 2.00 e. The number of nitrogens with two attached hydrogens (primary N) is 1. The number of rotatable bonds is 2. The van der Waals surface area contributed by atoms with Gasteiger partial charge in [0.25, 0.3) is 0 Å². The molecule has 0 aliphatic carbocycles. The van der Waals surface area contributed by atoms with E-state index in [9.17, 15) is 4.79 Å². The number of fused-ring (bicyclic) bond motifs is 1. The second-order valence-corrected chi connectivity index (χ2v) is 5.07. The van der Waals surface area contributed by atoms with Crippen LogP contribution in [-0.4, -0.2) is 10.9 Å². The van der Waals surface area contributed by atoms with Crippen molar-refractivity contribution in [3.05, 3.63) is 90.5 Å². The first-order valence-electron chi connectivity index (χ1n) is 7.34. The van der Waals surface area contributed by atoms with Crippen LogP contribution in [-0.2, 0) is 17.1 Å². The number of carbonyl (C=O) groups is 1. The van der Waals surface area contributed by atoms with E-state index in [1.165, 1.54) is 0 Å². The molecule has 120 valence electrons. The smallest absolute Gasteiger partial charge is 0.366 e. The third kappa shape index (κ3) is 3.99. The van der Waals surface area contributed by atoms with Gasteiger partial charge in [0.05, 0.1) is 5.52 Å². The van der Waals surface area contributed by atoms with E-state index in [1.807, 2.05) is 78.9 Å². The van der Waals surface area contributed by atoms with Crippen LogP contribution >= 0.6 is 0 Å². The van der Waals surface area contributed by atoms with E-state index in [2.05, 4.69) is 4.98 Å². The summed E-state index contributed by atoms with van der Waals surface area (Å²) in [7, 11) is 0. The number of aromatic nitrogens is 1. The van der Waals surface area contributed by atoms with Gasteiger partial charge in [-0.15, -0.1) is 12.1 Å². The Morgan fingerprint density at radius 2 is 1.67 bits per heavy atom. The summed E-state index contributed by atoms with van der Waals surface area (Å²) in [6.45, 7) is 0. The largest absolute Gasteiger partial charge is 2.00 e. The summed E-state index contributed by atoms with van der Waals surface area (Å²) < 4.78 is 0. The summed E-state index contributed by atoms with van der Waals surface area (Å²) in [5.41, 5.74) is 8.49. The van der Waals surface area contributed by atoms with Crippen molar-refractivity contribution >= 4 is 16.8 Å². The van der Waals surface area contributed by atoms with Crippen LogP contribution in [0.15, 0.2) is 84.9 Å². The Bertz CT molecular complexity index is 879. The number of nitrogens with zero attached hydrogens (tertiary/aromatic N) is 1. The second kappa shape index (κ2) is 8.25. The van der Waals surface area contributed by atoms with Gasteiger partial charge in [-0.25, -0.2) is 12.1 Å². The number of primary amides is 1. The van der Waals surface area contributed by atoms with Gasteiger partial charge >= 0.3 is 17.1 Å². The van der Waals surface area contributed by atoms with Crippen LogP contribution in [0.4, 0.5) is 0 Å². The molecule has 4 aromatic rings. The summed E-state index contributed by atoms with van der Waals surface area (Å²) in [5, 5.41) is 0.792. The number of amides is 1. The summed E-state index contributed by atoms with van der Waals surface area (Å²) in [5.74, 6) is -0.429.